The number of rotatable bonds is 4. The smallest absolute Gasteiger partial charge is 0.191 e. The Kier molecular flexibility index (Phi) is 8.19. The Morgan fingerprint density at radius 1 is 1.25 bits per heavy atom. The molecule has 0 aliphatic carbocycles. The lowest BCUT2D eigenvalue weighted by Gasteiger charge is -2.18. The van der Waals surface area contributed by atoms with Gasteiger partial charge in [0, 0.05) is 19.2 Å². The van der Waals surface area contributed by atoms with Gasteiger partial charge in [-0.25, -0.2) is 4.39 Å². The summed E-state index contributed by atoms with van der Waals surface area (Å²) >= 11 is 0. The summed E-state index contributed by atoms with van der Waals surface area (Å²) in [5.74, 6) is 0.228. The summed E-state index contributed by atoms with van der Waals surface area (Å²) in [4.78, 5) is 4.15. The Morgan fingerprint density at radius 2 is 1.96 bits per heavy atom. The van der Waals surface area contributed by atoms with E-state index in [1.807, 2.05) is 43.3 Å². The minimum absolute atomic E-state index is 0. The second-order valence-corrected chi connectivity index (χ2v) is 5.12. The maximum absolute atomic E-state index is 13.8. The molecular weight excluding hydrogens is 418 g/mol. The molecule has 2 N–H and O–H groups in total. The fraction of sp³-hybridized carbons (Fsp3) is 0.222. The van der Waals surface area contributed by atoms with E-state index in [2.05, 4.69) is 15.6 Å². The Bertz CT molecular complexity index is 726. The highest BCUT2D eigenvalue weighted by Crippen LogP contribution is 2.12. The van der Waals surface area contributed by atoms with Crippen LogP contribution in [0.5, 0.6) is 0 Å². The van der Waals surface area contributed by atoms with E-state index in [4.69, 9.17) is 5.26 Å². The van der Waals surface area contributed by atoms with Gasteiger partial charge >= 0.3 is 0 Å². The van der Waals surface area contributed by atoms with Crippen molar-refractivity contribution in [1.29, 1.82) is 5.26 Å². The molecule has 4 nitrogen and oxygen atoms in total. The van der Waals surface area contributed by atoms with E-state index in [1.165, 1.54) is 18.2 Å². The summed E-state index contributed by atoms with van der Waals surface area (Å²) in [7, 11) is 1.66. The van der Waals surface area contributed by atoms with Crippen LogP contribution in [0.1, 0.15) is 29.7 Å². The maximum Gasteiger partial charge on any atom is 0.191 e. The van der Waals surface area contributed by atoms with Gasteiger partial charge in [0.1, 0.15) is 5.82 Å². The Labute approximate surface area is 158 Å². The SMILES string of the molecule is CN=C(NCc1cc(C#N)ccc1F)NC(C)c1ccccc1.I. The molecule has 0 bridgehead atoms. The molecule has 1 atom stereocenters. The van der Waals surface area contributed by atoms with Crippen molar-refractivity contribution < 1.29 is 4.39 Å². The molecule has 0 radical (unpaired) electrons. The molecule has 2 aromatic carbocycles. The summed E-state index contributed by atoms with van der Waals surface area (Å²) < 4.78 is 13.8. The average molecular weight is 438 g/mol. The van der Waals surface area contributed by atoms with E-state index in [-0.39, 0.29) is 42.4 Å². The van der Waals surface area contributed by atoms with Crippen LogP contribution in [0.3, 0.4) is 0 Å². The van der Waals surface area contributed by atoms with Gasteiger partial charge in [0.05, 0.1) is 17.7 Å². The number of benzene rings is 2. The summed E-state index contributed by atoms with van der Waals surface area (Å²) in [6.45, 7) is 2.28. The third-order valence-electron chi connectivity index (χ3n) is 3.50. The monoisotopic (exact) mass is 438 g/mol. The van der Waals surface area contributed by atoms with Crippen molar-refractivity contribution in [1.82, 2.24) is 10.6 Å². The summed E-state index contributed by atoms with van der Waals surface area (Å²) in [6.07, 6.45) is 0. The molecule has 1 unspecified atom stereocenters. The third-order valence-corrected chi connectivity index (χ3v) is 3.50. The largest absolute Gasteiger partial charge is 0.352 e. The number of nitriles is 1. The topological polar surface area (TPSA) is 60.2 Å². The molecule has 126 valence electrons. The standard InChI is InChI=1S/C18H19FN4.HI/c1-13(15-6-4-3-5-7-15)23-18(21-2)22-12-16-10-14(11-20)8-9-17(16)19;/h3-10,13H,12H2,1-2H3,(H2,21,22,23);1H. The average Bonchev–Trinajstić information content (AvgIpc) is 2.60. The highest BCUT2D eigenvalue weighted by Gasteiger charge is 2.09. The van der Waals surface area contributed by atoms with Gasteiger partial charge < -0.3 is 10.6 Å². The summed E-state index contributed by atoms with van der Waals surface area (Å²) in [5.41, 5.74) is 2.00. The molecule has 0 saturated heterocycles. The van der Waals surface area contributed by atoms with E-state index in [0.717, 1.165) is 5.56 Å². The van der Waals surface area contributed by atoms with Crippen molar-refractivity contribution >= 4 is 29.9 Å². The second-order valence-electron chi connectivity index (χ2n) is 5.12. The summed E-state index contributed by atoms with van der Waals surface area (Å²) in [5, 5.41) is 15.2. The van der Waals surface area contributed by atoms with E-state index >= 15 is 0 Å². The predicted octanol–water partition coefficient (Wildman–Crippen LogP) is 3.74. The Hall–Kier alpha value is -2.14. The zero-order valence-corrected chi connectivity index (χ0v) is 15.9. The van der Waals surface area contributed by atoms with Gasteiger partial charge in [-0.05, 0) is 30.7 Å². The molecule has 0 saturated carbocycles. The number of nitrogens with one attached hydrogen (secondary N) is 2. The van der Waals surface area contributed by atoms with Crippen LogP contribution in [0.15, 0.2) is 53.5 Å². The molecule has 2 rings (SSSR count). The number of hydrogen-bond acceptors (Lipinski definition) is 2. The molecule has 6 heteroatoms. The highest BCUT2D eigenvalue weighted by atomic mass is 127. The molecule has 0 heterocycles. The van der Waals surface area contributed by atoms with Gasteiger partial charge in [-0.2, -0.15) is 5.26 Å². The normalized spacial score (nSPS) is 11.8. The molecule has 0 aromatic heterocycles. The van der Waals surface area contributed by atoms with Crippen molar-refractivity contribution in [2.75, 3.05) is 7.05 Å². The van der Waals surface area contributed by atoms with E-state index in [1.54, 1.807) is 7.05 Å². The fourth-order valence-electron chi connectivity index (χ4n) is 2.18. The lowest BCUT2D eigenvalue weighted by Crippen LogP contribution is -2.38. The van der Waals surface area contributed by atoms with Crippen molar-refractivity contribution in [3.63, 3.8) is 0 Å². The van der Waals surface area contributed by atoms with E-state index in [0.29, 0.717) is 17.1 Å². The van der Waals surface area contributed by atoms with Gasteiger partial charge in [-0.3, -0.25) is 4.99 Å². The zero-order chi connectivity index (χ0) is 16.7. The third kappa shape index (κ3) is 5.49. The van der Waals surface area contributed by atoms with Gasteiger partial charge in [-0.15, -0.1) is 24.0 Å². The Balaban J connectivity index is 0.00000288. The van der Waals surface area contributed by atoms with Crippen LogP contribution >= 0.6 is 24.0 Å². The lowest BCUT2D eigenvalue weighted by atomic mass is 10.1. The summed E-state index contributed by atoms with van der Waals surface area (Å²) in [6, 6.07) is 16.4. The van der Waals surface area contributed by atoms with Crippen LogP contribution in [0, 0.1) is 17.1 Å². The van der Waals surface area contributed by atoms with Crippen LogP contribution in [0.4, 0.5) is 4.39 Å². The molecule has 0 aliphatic rings. The van der Waals surface area contributed by atoms with Gasteiger partial charge in [0.15, 0.2) is 5.96 Å². The number of halogens is 2. The molecule has 0 fully saturated rings. The first-order valence-corrected chi connectivity index (χ1v) is 7.34. The molecule has 2 aromatic rings. The number of aliphatic imine (C=N–C) groups is 1. The van der Waals surface area contributed by atoms with Crippen molar-refractivity contribution in [3.8, 4) is 6.07 Å². The van der Waals surface area contributed by atoms with E-state index in [9.17, 15) is 4.39 Å². The molecule has 0 amide bonds. The molecule has 0 spiro atoms. The first-order chi connectivity index (χ1) is 11.1. The fourth-order valence-corrected chi connectivity index (χ4v) is 2.18. The van der Waals surface area contributed by atoms with Crippen molar-refractivity contribution in [3.05, 3.63) is 71.0 Å². The van der Waals surface area contributed by atoms with Crippen LogP contribution in [-0.4, -0.2) is 13.0 Å². The van der Waals surface area contributed by atoms with Crippen LogP contribution < -0.4 is 10.6 Å². The van der Waals surface area contributed by atoms with Gasteiger partial charge in [-0.1, -0.05) is 30.3 Å². The lowest BCUT2D eigenvalue weighted by molar-refractivity contribution is 0.602. The first-order valence-electron chi connectivity index (χ1n) is 7.34. The van der Waals surface area contributed by atoms with Crippen molar-refractivity contribution in [2.45, 2.75) is 19.5 Å². The molecular formula is C18H20FIN4. The van der Waals surface area contributed by atoms with Gasteiger partial charge in [0.25, 0.3) is 0 Å². The molecule has 0 aliphatic heterocycles. The van der Waals surface area contributed by atoms with Crippen LogP contribution in [-0.2, 0) is 6.54 Å². The second kappa shape index (κ2) is 9.88. The quantitative estimate of drug-likeness (QED) is 0.435. The Morgan fingerprint density at radius 3 is 2.58 bits per heavy atom. The highest BCUT2D eigenvalue weighted by molar-refractivity contribution is 14.0. The maximum atomic E-state index is 13.8. The first kappa shape index (κ1) is 19.9. The minimum atomic E-state index is -0.344. The zero-order valence-electron chi connectivity index (χ0n) is 13.6. The van der Waals surface area contributed by atoms with Crippen molar-refractivity contribution in [2.24, 2.45) is 4.99 Å². The van der Waals surface area contributed by atoms with Crippen LogP contribution in [0.2, 0.25) is 0 Å². The minimum Gasteiger partial charge on any atom is -0.352 e. The van der Waals surface area contributed by atoms with E-state index < -0.39 is 0 Å². The number of nitrogens with zero attached hydrogens (tertiary/aromatic N) is 2. The van der Waals surface area contributed by atoms with Gasteiger partial charge in [0.2, 0.25) is 0 Å². The number of hydrogen-bond donors (Lipinski definition) is 2. The molecule has 24 heavy (non-hydrogen) atoms. The predicted molar refractivity (Wildman–Crippen MR) is 105 cm³/mol. The van der Waals surface area contributed by atoms with Crippen LogP contribution in [0.25, 0.3) is 0 Å². The number of guanidine groups is 1.